The molecule has 2 aromatic rings. The molecular formula is C16H16F3N3O2S. The minimum atomic E-state index is -4.43. The number of carbonyl (C=O) groups is 2. The summed E-state index contributed by atoms with van der Waals surface area (Å²) in [6, 6.07) is 4.18. The molecule has 1 aliphatic rings. The summed E-state index contributed by atoms with van der Waals surface area (Å²) < 4.78 is 39.5. The molecule has 0 bridgehead atoms. The van der Waals surface area contributed by atoms with Crippen molar-refractivity contribution in [3.8, 4) is 0 Å². The lowest BCUT2D eigenvalue weighted by Crippen LogP contribution is -2.43. The molecule has 25 heavy (non-hydrogen) atoms. The Bertz CT molecular complexity index is 815. The molecule has 1 aromatic heterocycles. The lowest BCUT2D eigenvalue weighted by molar-refractivity contribution is -0.137. The first-order chi connectivity index (χ1) is 11.2. The van der Waals surface area contributed by atoms with Crippen LogP contribution < -0.4 is 4.90 Å². The van der Waals surface area contributed by atoms with Gasteiger partial charge in [0.1, 0.15) is 5.69 Å². The number of nitrogens with zero attached hydrogens (tertiary/aromatic N) is 3. The number of alkyl halides is 3. The van der Waals surface area contributed by atoms with Gasteiger partial charge in [0, 0.05) is 12.2 Å². The van der Waals surface area contributed by atoms with Gasteiger partial charge in [-0.25, -0.2) is 0 Å². The van der Waals surface area contributed by atoms with Gasteiger partial charge in [0.2, 0.25) is 0 Å². The highest BCUT2D eigenvalue weighted by Crippen LogP contribution is 2.32. The minimum absolute atomic E-state index is 0. The molecule has 134 valence electrons. The van der Waals surface area contributed by atoms with Crippen LogP contribution in [0, 0.1) is 0 Å². The van der Waals surface area contributed by atoms with Gasteiger partial charge in [-0.3, -0.25) is 14.3 Å². The molecule has 0 unspecified atom stereocenters. The second-order valence-electron chi connectivity index (χ2n) is 5.72. The van der Waals surface area contributed by atoms with Crippen LogP contribution in [0.3, 0.4) is 0 Å². The van der Waals surface area contributed by atoms with Gasteiger partial charge in [-0.15, -0.1) is 0 Å². The highest BCUT2D eigenvalue weighted by atomic mass is 32.1. The maximum absolute atomic E-state index is 12.7. The summed E-state index contributed by atoms with van der Waals surface area (Å²) >= 11 is 0. The molecule has 0 radical (unpaired) electrons. The smallest absolute Gasteiger partial charge is 0.305 e. The molecule has 1 amide bonds. The maximum Gasteiger partial charge on any atom is 0.416 e. The number of hydrogen-bond acceptors (Lipinski definition) is 3. The van der Waals surface area contributed by atoms with E-state index in [1.807, 2.05) is 6.92 Å². The van der Waals surface area contributed by atoms with Crippen LogP contribution in [-0.2, 0) is 6.18 Å². The van der Waals surface area contributed by atoms with E-state index >= 15 is 0 Å². The number of fused-ring (bicyclic) bond motifs is 1. The van der Waals surface area contributed by atoms with E-state index in [4.69, 9.17) is 0 Å². The van der Waals surface area contributed by atoms with Crippen molar-refractivity contribution in [3.05, 3.63) is 47.3 Å². The van der Waals surface area contributed by atoms with E-state index in [9.17, 15) is 22.8 Å². The van der Waals surface area contributed by atoms with Gasteiger partial charge in [0.05, 0.1) is 23.4 Å². The lowest BCUT2D eigenvalue weighted by atomic mass is 10.1. The van der Waals surface area contributed by atoms with Crippen LogP contribution in [0.1, 0.15) is 46.3 Å². The zero-order valence-electron chi connectivity index (χ0n) is 13.5. The predicted octanol–water partition coefficient (Wildman–Crippen LogP) is 3.44. The van der Waals surface area contributed by atoms with Crippen LogP contribution in [-0.4, -0.2) is 28.0 Å². The van der Waals surface area contributed by atoms with Gasteiger partial charge in [0.15, 0.2) is 5.78 Å². The second-order valence-corrected chi connectivity index (χ2v) is 5.72. The predicted molar refractivity (Wildman–Crippen MR) is 90.4 cm³/mol. The molecule has 5 nitrogen and oxygen atoms in total. The molecule has 1 aliphatic heterocycles. The average molecular weight is 371 g/mol. The van der Waals surface area contributed by atoms with Crippen LogP contribution in [0.25, 0.3) is 0 Å². The number of anilines is 1. The number of aromatic nitrogens is 2. The van der Waals surface area contributed by atoms with Crippen molar-refractivity contribution < 1.29 is 22.8 Å². The number of ketones is 1. The van der Waals surface area contributed by atoms with Crippen LogP contribution >= 0.6 is 13.5 Å². The van der Waals surface area contributed by atoms with Crippen LogP contribution in [0.2, 0.25) is 0 Å². The number of Topliss-reactive ketones (excluding diaryl/α,β-unsaturated/α-hetero) is 1. The summed E-state index contributed by atoms with van der Waals surface area (Å²) in [5.41, 5.74) is -0.0513. The first kappa shape index (κ1) is 19.0. The van der Waals surface area contributed by atoms with Crippen molar-refractivity contribution in [2.75, 3.05) is 11.4 Å². The molecule has 2 heterocycles. The Morgan fingerprint density at radius 3 is 2.36 bits per heavy atom. The summed E-state index contributed by atoms with van der Waals surface area (Å²) in [6.07, 6.45) is -3.08. The highest BCUT2D eigenvalue weighted by Gasteiger charge is 2.35. The molecule has 0 aliphatic carbocycles. The van der Waals surface area contributed by atoms with E-state index < -0.39 is 17.6 Å². The van der Waals surface area contributed by atoms with Crippen molar-refractivity contribution >= 4 is 30.9 Å². The van der Waals surface area contributed by atoms with E-state index in [0.29, 0.717) is 5.69 Å². The molecule has 9 heteroatoms. The van der Waals surface area contributed by atoms with E-state index in [2.05, 4.69) is 5.10 Å². The third-order valence-corrected chi connectivity index (χ3v) is 3.99. The van der Waals surface area contributed by atoms with Crippen molar-refractivity contribution in [3.63, 3.8) is 0 Å². The Labute approximate surface area is 148 Å². The number of halogens is 3. The first-order valence-electron chi connectivity index (χ1n) is 7.27. The monoisotopic (exact) mass is 371 g/mol. The molecule has 0 saturated carbocycles. The van der Waals surface area contributed by atoms with Gasteiger partial charge >= 0.3 is 6.18 Å². The standard InChI is InChI=1S/C16H14F3N3O2.H2S/c1-9-8-21(12-5-3-11(4-6-12)16(17,18)19)15(24)14-13(10(2)23)7-20-22(9)14;/h3-7,9H,8H2,1-2H3;1H2/t9-;/m0./s1. The molecule has 0 spiro atoms. The highest BCUT2D eigenvalue weighted by molar-refractivity contribution is 7.59. The quantitative estimate of drug-likeness (QED) is 0.760. The zero-order valence-corrected chi connectivity index (χ0v) is 14.5. The van der Waals surface area contributed by atoms with Crippen LogP contribution in [0.5, 0.6) is 0 Å². The number of benzene rings is 1. The first-order valence-corrected chi connectivity index (χ1v) is 7.27. The molecule has 1 aromatic carbocycles. The number of carbonyl (C=O) groups excluding carboxylic acids is 2. The summed E-state index contributed by atoms with van der Waals surface area (Å²) in [5, 5.41) is 4.08. The molecular weight excluding hydrogens is 355 g/mol. The third-order valence-electron chi connectivity index (χ3n) is 3.99. The fourth-order valence-electron chi connectivity index (χ4n) is 2.77. The fraction of sp³-hybridized carbons (Fsp3) is 0.312. The number of rotatable bonds is 2. The van der Waals surface area contributed by atoms with Crippen LogP contribution in [0.4, 0.5) is 18.9 Å². The third kappa shape index (κ3) is 3.28. The summed E-state index contributed by atoms with van der Waals surface area (Å²) in [6.45, 7) is 3.42. The average Bonchev–Trinajstić information content (AvgIpc) is 2.96. The van der Waals surface area contributed by atoms with Gasteiger partial charge in [-0.1, -0.05) is 0 Å². The molecule has 1 atom stereocenters. The normalized spacial score (nSPS) is 17.1. The van der Waals surface area contributed by atoms with Crippen molar-refractivity contribution in [1.82, 2.24) is 9.78 Å². The largest absolute Gasteiger partial charge is 0.416 e. The van der Waals surface area contributed by atoms with Crippen molar-refractivity contribution in [2.45, 2.75) is 26.1 Å². The van der Waals surface area contributed by atoms with Gasteiger partial charge < -0.3 is 4.90 Å². The second kappa shape index (κ2) is 6.55. The fourth-order valence-corrected chi connectivity index (χ4v) is 2.77. The molecule has 0 saturated heterocycles. The Morgan fingerprint density at radius 2 is 1.84 bits per heavy atom. The summed E-state index contributed by atoms with van der Waals surface area (Å²) in [5.74, 6) is -0.735. The SMILES string of the molecule is CC(=O)c1cnn2c1C(=O)N(c1ccc(C(F)(F)F)cc1)C[C@@H]2C.S. The Hall–Kier alpha value is -2.29. The molecule has 0 fully saturated rings. The van der Waals surface area contributed by atoms with Gasteiger partial charge in [0.25, 0.3) is 5.91 Å². The van der Waals surface area contributed by atoms with Crippen LogP contribution in [0.15, 0.2) is 30.5 Å². The van der Waals surface area contributed by atoms with Gasteiger partial charge in [-0.05, 0) is 38.1 Å². The molecule has 3 rings (SSSR count). The Balaban J connectivity index is 0.00000225. The van der Waals surface area contributed by atoms with Crippen molar-refractivity contribution in [2.24, 2.45) is 0 Å². The topological polar surface area (TPSA) is 55.2 Å². The van der Waals surface area contributed by atoms with E-state index in [-0.39, 0.29) is 43.1 Å². The Kier molecular flexibility index (Phi) is 4.99. The zero-order chi connectivity index (χ0) is 17.6. The maximum atomic E-state index is 12.7. The van der Waals surface area contributed by atoms with E-state index in [0.717, 1.165) is 12.1 Å². The van der Waals surface area contributed by atoms with Gasteiger partial charge in [-0.2, -0.15) is 31.8 Å². The van der Waals surface area contributed by atoms with E-state index in [1.54, 1.807) is 0 Å². The van der Waals surface area contributed by atoms with Crippen molar-refractivity contribution in [1.29, 1.82) is 0 Å². The minimum Gasteiger partial charge on any atom is -0.305 e. The number of hydrogen-bond donors (Lipinski definition) is 0. The summed E-state index contributed by atoms with van der Waals surface area (Å²) in [7, 11) is 0. The number of amides is 1. The molecule has 0 N–H and O–H groups in total. The van der Waals surface area contributed by atoms with E-state index in [1.165, 1.54) is 34.8 Å². The summed E-state index contributed by atoms with van der Waals surface area (Å²) in [4.78, 5) is 25.8. The lowest BCUT2D eigenvalue weighted by Gasteiger charge is -2.32. The Morgan fingerprint density at radius 1 is 1.24 bits per heavy atom.